The number of carboxylic acids is 1. The minimum Gasteiger partial charge on any atom is -0.490 e. The first-order valence-electron chi connectivity index (χ1n) is 12.3. The number of benzene rings is 3. The Kier molecular flexibility index (Phi) is 8.92. The minimum atomic E-state index is -4.43. The van der Waals surface area contributed by atoms with Gasteiger partial charge in [-0.25, -0.2) is 4.79 Å². The third-order valence-corrected chi connectivity index (χ3v) is 5.77. The van der Waals surface area contributed by atoms with Crippen LogP contribution in [0.15, 0.2) is 97.3 Å². The highest BCUT2D eigenvalue weighted by Gasteiger charge is 2.30. The SMILES string of the molecule is CC(Oc1ccc(OC/C=C(\c2ccc(C#CCn3cccn3)cc2)c2ccc(C(F)(F)F)cc2)cc1)C(=O)O. The summed E-state index contributed by atoms with van der Waals surface area (Å²) in [6.07, 6.45) is -0.127. The molecule has 9 heteroatoms. The monoisotopic (exact) mass is 546 g/mol. The lowest BCUT2D eigenvalue weighted by Crippen LogP contribution is -2.22. The number of rotatable bonds is 9. The zero-order valence-electron chi connectivity index (χ0n) is 21.4. The fraction of sp³-hybridized carbons (Fsp3) is 0.161. The molecule has 0 spiro atoms. The summed E-state index contributed by atoms with van der Waals surface area (Å²) in [4.78, 5) is 11.0. The first-order valence-corrected chi connectivity index (χ1v) is 12.3. The number of halogens is 3. The molecule has 0 radical (unpaired) electrons. The molecule has 40 heavy (non-hydrogen) atoms. The quantitative estimate of drug-likeness (QED) is 0.249. The number of aromatic nitrogens is 2. The maximum Gasteiger partial charge on any atom is 0.416 e. The molecule has 1 aromatic heterocycles. The molecule has 0 amide bonds. The Labute approximate surface area is 229 Å². The lowest BCUT2D eigenvalue weighted by molar-refractivity contribution is -0.144. The predicted octanol–water partition coefficient (Wildman–Crippen LogP) is 6.32. The lowest BCUT2D eigenvalue weighted by atomic mass is 9.96. The number of hydrogen-bond acceptors (Lipinski definition) is 4. The molecular weight excluding hydrogens is 521 g/mol. The van der Waals surface area contributed by atoms with Crippen LogP contribution in [0.4, 0.5) is 13.2 Å². The highest BCUT2D eigenvalue weighted by molar-refractivity contribution is 5.80. The Morgan fingerprint density at radius 1 is 1.00 bits per heavy atom. The summed E-state index contributed by atoms with van der Waals surface area (Å²) in [6.45, 7) is 2.02. The fourth-order valence-electron chi connectivity index (χ4n) is 3.68. The summed E-state index contributed by atoms with van der Waals surface area (Å²) in [5.41, 5.74) is 2.14. The van der Waals surface area contributed by atoms with Crippen molar-refractivity contribution < 1.29 is 32.5 Å². The maximum absolute atomic E-state index is 13.1. The van der Waals surface area contributed by atoms with Gasteiger partial charge in [0.15, 0.2) is 6.10 Å². The zero-order valence-corrected chi connectivity index (χ0v) is 21.4. The van der Waals surface area contributed by atoms with E-state index in [2.05, 4.69) is 16.9 Å². The van der Waals surface area contributed by atoms with Crippen LogP contribution in [-0.4, -0.2) is 33.6 Å². The van der Waals surface area contributed by atoms with Crippen molar-refractivity contribution in [3.63, 3.8) is 0 Å². The van der Waals surface area contributed by atoms with Gasteiger partial charge >= 0.3 is 12.1 Å². The van der Waals surface area contributed by atoms with Crippen LogP contribution in [0.1, 0.15) is 29.2 Å². The third kappa shape index (κ3) is 7.77. The van der Waals surface area contributed by atoms with E-state index in [9.17, 15) is 18.0 Å². The molecule has 4 rings (SSSR count). The van der Waals surface area contributed by atoms with Crippen molar-refractivity contribution in [1.82, 2.24) is 9.78 Å². The molecule has 1 N–H and O–H groups in total. The van der Waals surface area contributed by atoms with E-state index in [1.807, 2.05) is 36.5 Å². The second-order valence-corrected chi connectivity index (χ2v) is 8.66. The first kappa shape index (κ1) is 28.0. The van der Waals surface area contributed by atoms with Gasteiger partial charge in [-0.2, -0.15) is 18.3 Å². The van der Waals surface area contributed by atoms with Crippen molar-refractivity contribution in [1.29, 1.82) is 0 Å². The van der Waals surface area contributed by atoms with Crippen LogP contribution in [0.3, 0.4) is 0 Å². The molecule has 0 saturated carbocycles. The van der Waals surface area contributed by atoms with Crippen molar-refractivity contribution >= 4 is 11.5 Å². The Bertz CT molecular complexity index is 1500. The summed E-state index contributed by atoms with van der Waals surface area (Å²) in [5, 5.41) is 13.1. The molecule has 6 nitrogen and oxygen atoms in total. The topological polar surface area (TPSA) is 73.6 Å². The van der Waals surface area contributed by atoms with E-state index < -0.39 is 23.8 Å². The van der Waals surface area contributed by atoms with E-state index in [1.54, 1.807) is 41.2 Å². The molecule has 0 aliphatic heterocycles. The van der Waals surface area contributed by atoms with E-state index in [0.717, 1.165) is 23.3 Å². The highest BCUT2D eigenvalue weighted by Crippen LogP contribution is 2.31. The van der Waals surface area contributed by atoms with Crippen LogP contribution >= 0.6 is 0 Å². The minimum absolute atomic E-state index is 0.132. The van der Waals surface area contributed by atoms with Gasteiger partial charge in [-0.15, -0.1) is 0 Å². The number of carboxylic acid groups (broad SMARTS) is 1. The second-order valence-electron chi connectivity index (χ2n) is 8.66. The Morgan fingerprint density at radius 3 is 2.20 bits per heavy atom. The van der Waals surface area contributed by atoms with Gasteiger partial charge < -0.3 is 14.6 Å². The van der Waals surface area contributed by atoms with E-state index in [1.165, 1.54) is 19.1 Å². The van der Waals surface area contributed by atoms with Crippen LogP contribution in [0.5, 0.6) is 11.5 Å². The van der Waals surface area contributed by atoms with Crippen molar-refractivity contribution in [3.05, 3.63) is 120 Å². The molecule has 0 saturated heterocycles. The van der Waals surface area contributed by atoms with Crippen molar-refractivity contribution in [2.75, 3.05) is 6.61 Å². The number of alkyl halides is 3. The maximum atomic E-state index is 13.1. The number of nitrogens with zero attached hydrogens (tertiary/aromatic N) is 2. The van der Waals surface area contributed by atoms with Crippen LogP contribution in [-0.2, 0) is 17.5 Å². The van der Waals surface area contributed by atoms with Crippen LogP contribution in [0.25, 0.3) is 5.57 Å². The van der Waals surface area contributed by atoms with Gasteiger partial charge in [-0.3, -0.25) is 4.68 Å². The molecule has 1 atom stereocenters. The zero-order chi connectivity index (χ0) is 28.5. The summed E-state index contributed by atoms with van der Waals surface area (Å²) >= 11 is 0. The third-order valence-electron chi connectivity index (χ3n) is 5.77. The standard InChI is InChI=1S/C31H25F3N2O4/c1-22(30(37)38)40-28-15-13-27(14-16-28)39-21-17-29(25-9-11-26(12-10-25)31(32,33)34)24-7-5-23(6-8-24)4-2-19-36-20-3-18-35-36/h3,5-18,20,22H,19,21H2,1H3,(H,37,38)/b29-17+. The fourth-order valence-corrected chi connectivity index (χ4v) is 3.68. The van der Waals surface area contributed by atoms with E-state index in [4.69, 9.17) is 14.6 Å². The molecule has 0 bridgehead atoms. The second kappa shape index (κ2) is 12.7. The van der Waals surface area contributed by atoms with Crippen molar-refractivity contribution in [2.24, 2.45) is 0 Å². The molecule has 3 aromatic carbocycles. The Hall–Kier alpha value is -4.97. The van der Waals surface area contributed by atoms with Crippen LogP contribution in [0, 0.1) is 11.8 Å². The average molecular weight is 547 g/mol. The first-order chi connectivity index (χ1) is 19.2. The van der Waals surface area contributed by atoms with Gasteiger partial charge in [0.05, 0.1) is 5.56 Å². The van der Waals surface area contributed by atoms with E-state index in [0.29, 0.717) is 29.2 Å². The van der Waals surface area contributed by atoms with Gasteiger partial charge in [-0.05, 0) is 84.3 Å². The smallest absolute Gasteiger partial charge is 0.416 e. The number of aliphatic carboxylic acids is 1. The Balaban J connectivity index is 1.51. The van der Waals surface area contributed by atoms with Crippen molar-refractivity contribution in [2.45, 2.75) is 25.7 Å². The summed E-state index contributed by atoms with van der Waals surface area (Å²) in [7, 11) is 0. The van der Waals surface area contributed by atoms with Gasteiger partial charge in [0.2, 0.25) is 0 Å². The average Bonchev–Trinajstić information content (AvgIpc) is 3.46. The summed E-state index contributed by atoms with van der Waals surface area (Å²) < 4.78 is 52.2. The Morgan fingerprint density at radius 2 is 1.62 bits per heavy atom. The highest BCUT2D eigenvalue weighted by atomic mass is 19.4. The molecule has 0 aliphatic rings. The number of carbonyl (C=O) groups is 1. The molecule has 1 heterocycles. The molecular formula is C31H25F3N2O4. The number of ether oxygens (including phenoxy) is 2. The molecule has 204 valence electrons. The predicted molar refractivity (Wildman–Crippen MR) is 144 cm³/mol. The molecule has 4 aromatic rings. The van der Waals surface area contributed by atoms with Gasteiger partial charge in [0.25, 0.3) is 0 Å². The van der Waals surface area contributed by atoms with Gasteiger partial charge in [0, 0.05) is 18.0 Å². The van der Waals surface area contributed by atoms with Gasteiger partial charge in [0.1, 0.15) is 24.7 Å². The van der Waals surface area contributed by atoms with Gasteiger partial charge in [-0.1, -0.05) is 36.1 Å². The lowest BCUT2D eigenvalue weighted by Gasteiger charge is -2.13. The summed E-state index contributed by atoms with van der Waals surface area (Å²) in [6, 6.07) is 20.7. The van der Waals surface area contributed by atoms with E-state index >= 15 is 0 Å². The molecule has 0 fully saturated rings. The van der Waals surface area contributed by atoms with Crippen LogP contribution < -0.4 is 9.47 Å². The number of hydrogen-bond donors (Lipinski definition) is 1. The summed E-state index contributed by atoms with van der Waals surface area (Å²) in [5.74, 6) is 5.95. The largest absolute Gasteiger partial charge is 0.490 e. The molecule has 0 aliphatic carbocycles. The molecule has 1 unspecified atom stereocenters. The van der Waals surface area contributed by atoms with Crippen molar-refractivity contribution in [3.8, 4) is 23.3 Å². The normalized spacial score (nSPS) is 12.2. The van der Waals surface area contributed by atoms with Crippen LogP contribution in [0.2, 0.25) is 0 Å². The van der Waals surface area contributed by atoms with E-state index in [-0.39, 0.29) is 6.61 Å².